The summed E-state index contributed by atoms with van der Waals surface area (Å²) in [5, 5.41) is 3.81. The molecule has 0 aliphatic rings. The summed E-state index contributed by atoms with van der Waals surface area (Å²) < 4.78 is 11.7. The summed E-state index contributed by atoms with van der Waals surface area (Å²) in [5.74, 6) is 0.610. The lowest BCUT2D eigenvalue weighted by atomic mass is 9.96. The molecule has 3 rings (SSSR count). The van der Waals surface area contributed by atoms with Gasteiger partial charge in [0, 0.05) is 35.2 Å². The quantitative estimate of drug-likeness (QED) is 0.564. The molecular weight excluding hydrogens is 350 g/mol. The van der Waals surface area contributed by atoms with Crippen LogP contribution >= 0.6 is 0 Å². The topological polar surface area (TPSA) is 51.5 Å². The Labute approximate surface area is 166 Å². The van der Waals surface area contributed by atoms with Gasteiger partial charge in [0.2, 0.25) is 5.91 Å². The van der Waals surface area contributed by atoms with Gasteiger partial charge in [0.25, 0.3) is 0 Å². The van der Waals surface area contributed by atoms with E-state index in [1.165, 1.54) is 11.1 Å². The van der Waals surface area contributed by atoms with Gasteiger partial charge in [-0.3, -0.25) is 4.79 Å². The van der Waals surface area contributed by atoms with Crippen LogP contribution in [0.25, 0.3) is 27.7 Å². The molecule has 0 saturated carbocycles. The van der Waals surface area contributed by atoms with Crippen LogP contribution in [-0.4, -0.2) is 19.1 Å². The summed E-state index contributed by atoms with van der Waals surface area (Å²) in [5.41, 5.74) is 7.14. The van der Waals surface area contributed by atoms with E-state index in [2.05, 4.69) is 43.4 Å². The number of allylic oxidation sites excluding steroid dienone is 1. The molecule has 0 aliphatic heterocycles. The molecule has 0 unspecified atom stereocenters. The lowest BCUT2D eigenvalue weighted by Crippen LogP contribution is -2.20. The van der Waals surface area contributed by atoms with Crippen LogP contribution in [0.2, 0.25) is 0 Å². The highest BCUT2D eigenvalue weighted by atomic mass is 16.5. The van der Waals surface area contributed by atoms with Crippen LogP contribution in [0.5, 0.6) is 5.75 Å². The fraction of sp³-hybridized carbons (Fsp3) is 0.292. The maximum Gasteiger partial charge on any atom is 0.244 e. The smallest absolute Gasteiger partial charge is 0.244 e. The predicted molar refractivity (Wildman–Crippen MR) is 115 cm³/mol. The van der Waals surface area contributed by atoms with Crippen molar-refractivity contribution in [2.75, 3.05) is 13.2 Å². The molecule has 2 aromatic carbocycles. The van der Waals surface area contributed by atoms with E-state index in [0.29, 0.717) is 13.2 Å². The second-order valence-electron chi connectivity index (χ2n) is 6.97. The molecular formula is C24H27NO3. The van der Waals surface area contributed by atoms with Crippen LogP contribution in [0.1, 0.15) is 37.5 Å². The molecule has 0 bridgehead atoms. The molecule has 0 saturated heterocycles. The average molecular weight is 377 g/mol. The third kappa shape index (κ3) is 3.96. The fourth-order valence-corrected chi connectivity index (χ4v) is 3.46. The van der Waals surface area contributed by atoms with Gasteiger partial charge < -0.3 is 14.5 Å². The van der Waals surface area contributed by atoms with Crippen molar-refractivity contribution in [1.29, 1.82) is 0 Å². The van der Waals surface area contributed by atoms with Gasteiger partial charge in [-0.1, -0.05) is 23.8 Å². The molecule has 1 amide bonds. The number of nitrogens with one attached hydrogen (secondary N) is 1. The molecule has 146 valence electrons. The number of carbonyl (C=O) groups excluding carboxylic acids is 1. The minimum atomic E-state index is -0.107. The van der Waals surface area contributed by atoms with Crippen LogP contribution in [0.15, 0.2) is 47.1 Å². The van der Waals surface area contributed by atoms with Crippen LogP contribution in [0, 0.1) is 13.8 Å². The van der Waals surface area contributed by atoms with Gasteiger partial charge in [-0.2, -0.15) is 0 Å². The normalized spacial score (nSPS) is 11.7. The van der Waals surface area contributed by atoms with E-state index in [1.807, 2.05) is 26.8 Å². The minimum absolute atomic E-state index is 0.107. The highest BCUT2D eigenvalue weighted by molar-refractivity contribution is 6.00. The Kier molecular flexibility index (Phi) is 5.88. The zero-order valence-electron chi connectivity index (χ0n) is 17.2. The summed E-state index contributed by atoms with van der Waals surface area (Å²) in [6, 6.07) is 10.4. The number of carbonyl (C=O) groups is 1. The number of aryl methyl sites for hydroxylation is 2. The lowest BCUT2D eigenvalue weighted by Gasteiger charge is -2.12. The van der Waals surface area contributed by atoms with E-state index in [1.54, 1.807) is 12.3 Å². The summed E-state index contributed by atoms with van der Waals surface area (Å²) >= 11 is 0. The van der Waals surface area contributed by atoms with Gasteiger partial charge in [-0.25, -0.2) is 0 Å². The first-order valence-corrected chi connectivity index (χ1v) is 9.66. The van der Waals surface area contributed by atoms with Gasteiger partial charge in [-0.05, 0) is 57.4 Å². The molecule has 4 heteroatoms. The Morgan fingerprint density at radius 3 is 2.61 bits per heavy atom. The van der Waals surface area contributed by atoms with E-state index in [9.17, 15) is 4.79 Å². The summed E-state index contributed by atoms with van der Waals surface area (Å²) in [6.07, 6.45) is 3.41. The zero-order valence-corrected chi connectivity index (χ0v) is 17.2. The highest BCUT2D eigenvalue weighted by Crippen LogP contribution is 2.38. The van der Waals surface area contributed by atoms with Crippen molar-refractivity contribution in [3.05, 3.63) is 59.4 Å². The Balaban J connectivity index is 2.17. The molecule has 0 spiro atoms. The number of hydrogen-bond acceptors (Lipinski definition) is 3. The van der Waals surface area contributed by atoms with Gasteiger partial charge in [0.15, 0.2) is 0 Å². The van der Waals surface area contributed by atoms with Crippen LogP contribution in [0.3, 0.4) is 0 Å². The van der Waals surface area contributed by atoms with Crippen LogP contribution in [-0.2, 0) is 4.79 Å². The second kappa shape index (κ2) is 8.34. The molecule has 0 aliphatic carbocycles. The number of rotatable bonds is 6. The summed E-state index contributed by atoms with van der Waals surface area (Å²) in [7, 11) is 0. The maximum atomic E-state index is 12.0. The summed E-state index contributed by atoms with van der Waals surface area (Å²) in [4.78, 5) is 12.0. The third-order valence-corrected chi connectivity index (χ3v) is 4.77. The van der Waals surface area contributed by atoms with Gasteiger partial charge in [0.05, 0.1) is 12.9 Å². The minimum Gasteiger partial charge on any atom is -0.493 e. The molecule has 28 heavy (non-hydrogen) atoms. The van der Waals surface area contributed by atoms with Crippen molar-refractivity contribution >= 4 is 22.4 Å². The van der Waals surface area contributed by atoms with Crippen molar-refractivity contribution in [2.45, 2.75) is 34.6 Å². The molecule has 0 atom stereocenters. The first kappa shape index (κ1) is 19.7. The molecule has 3 aromatic rings. The fourth-order valence-electron chi connectivity index (χ4n) is 3.46. The molecule has 1 N–H and O–H groups in total. The summed E-state index contributed by atoms with van der Waals surface area (Å²) in [6.45, 7) is 11.1. The number of likely N-dealkylation sites (N-methyl/N-ethyl adjacent to an activating group) is 1. The molecule has 4 nitrogen and oxygen atoms in total. The molecule has 0 radical (unpaired) electrons. The second-order valence-corrected chi connectivity index (χ2v) is 6.97. The zero-order chi connectivity index (χ0) is 20.3. The standard InChI is InChI=1S/C24H27NO3/c1-6-25-24(26)11-17(5)19-12-20-21(18-9-8-15(3)10-16(18)4)14-28-23(20)13-22(19)27-7-2/h8-14H,6-7H2,1-5H3,(H,25,26)/b17-11+. The van der Waals surface area contributed by atoms with Crippen molar-refractivity contribution in [1.82, 2.24) is 5.32 Å². The molecule has 0 fully saturated rings. The molecule has 1 heterocycles. The largest absolute Gasteiger partial charge is 0.493 e. The first-order valence-electron chi connectivity index (χ1n) is 9.66. The molecule has 1 aromatic heterocycles. The van der Waals surface area contributed by atoms with Gasteiger partial charge >= 0.3 is 0 Å². The van der Waals surface area contributed by atoms with Crippen LogP contribution < -0.4 is 10.1 Å². The third-order valence-electron chi connectivity index (χ3n) is 4.77. The van der Waals surface area contributed by atoms with Crippen molar-refractivity contribution < 1.29 is 13.9 Å². The van der Waals surface area contributed by atoms with E-state index in [0.717, 1.165) is 39.0 Å². The predicted octanol–water partition coefficient (Wildman–Crippen LogP) is 5.65. The van der Waals surface area contributed by atoms with Crippen molar-refractivity contribution in [3.8, 4) is 16.9 Å². The number of hydrogen-bond donors (Lipinski definition) is 1. The van der Waals surface area contributed by atoms with Crippen molar-refractivity contribution in [2.24, 2.45) is 0 Å². The number of furan rings is 1. The monoisotopic (exact) mass is 377 g/mol. The lowest BCUT2D eigenvalue weighted by molar-refractivity contribution is -0.116. The Morgan fingerprint density at radius 2 is 1.93 bits per heavy atom. The van der Waals surface area contributed by atoms with Gasteiger partial charge in [0.1, 0.15) is 11.3 Å². The first-order chi connectivity index (χ1) is 13.4. The SMILES string of the molecule is CCNC(=O)/C=C(\C)c1cc2c(-c3ccc(C)cc3C)coc2cc1OCC. The number of fused-ring (bicyclic) bond motifs is 1. The van der Waals surface area contributed by atoms with E-state index >= 15 is 0 Å². The number of amides is 1. The average Bonchev–Trinajstić information content (AvgIpc) is 3.04. The Hall–Kier alpha value is -3.01. The van der Waals surface area contributed by atoms with Crippen molar-refractivity contribution in [3.63, 3.8) is 0 Å². The Morgan fingerprint density at radius 1 is 1.14 bits per heavy atom. The Bertz CT molecular complexity index is 1040. The van der Waals surface area contributed by atoms with Gasteiger partial charge in [-0.15, -0.1) is 0 Å². The maximum absolute atomic E-state index is 12.0. The van der Waals surface area contributed by atoms with E-state index < -0.39 is 0 Å². The van der Waals surface area contributed by atoms with Crippen LogP contribution in [0.4, 0.5) is 0 Å². The number of ether oxygens (including phenoxy) is 1. The number of benzene rings is 2. The highest BCUT2D eigenvalue weighted by Gasteiger charge is 2.16. The van der Waals surface area contributed by atoms with E-state index in [-0.39, 0.29) is 5.91 Å². The van der Waals surface area contributed by atoms with E-state index in [4.69, 9.17) is 9.15 Å².